The molecule has 1 amide bonds. The van der Waals surface area contributed by atoms with Crippen molar-refractivity contribution in [2.45, 2.75) is 20.4 Å². The van der Waals surface area contributed by atoms with Crippen LogP contribution < -0.4 is 5.56 Å². The van der Waals surface area contributed by atoms with Crippen LogP contribution in [0.25, 0.3) is 10.2 Å². The maximum absolute atomic E-state index is 12.6. The summed E-state index contributed by atoms with van der Waals surface area (Å²) in [7, 11) is 1.31. The highest BCUT2D eigenvalue weighted by atomic mass is 32.1. The van der Waals surface area contributed by atoms with Gasteiger partial charge in [0.25, 0.3) is 11.5 Å². The third-order valence-corrected chi connectivity index (χ3v) is 6.37. The number of fused-ring (bicyclic) bond motifs is 1. The maximum Gasteiger partial charge on any atom is 0.348 e. The molecule has 0 spiro atoms. The van der Waals surface area contributed by atoms with E-state index in [1.54, 1.807) is 24.0 Å². The smallest absolute Gasteiger partial charge is 0.348 e. The molecule has 3 aromatic heterocycles. The summed E-state index contributed by atoms with van der Waals surface area (Å²) >= 11 is 1.16. The number of H-pyrrole nitrogens is 1. The van der Waals surface area contributed by atoms with E-state index in [1.807, 2.05) is 6.92 Å². The molecule has 1 aliphatic rings. The van der Waals surface area contributed by atoms with Crippen molar-refractivity contribution in [1.82, 2.24) is 19.8 Å². The molecule has 0 aliphatic carbocycles. The number of nitrogens with zero attached hydrogens (tertiary/aromatic N) is 3. The number of piperazine rings is 1. The highest BCUT2D eigenvalue weighted by Gasteiger charge is 2.25. The van der Waals surface area contributed by atoms with E-state index in [1.165, 1.54) is 7.11 Å². The van der Waals surface area contributed by atoms with Gasteiger partial charge in [-0.05, 0) is 31.5 Å². The van der Waals surface area contributed by atoms with Crippen molar-refractivity contribution in [1.29, 1.82) is 0 Å². The van der Waals surface area contributed by atoms with E-state index in [9.17, 15) is 14.4 Å². The topological polar surface area (TPSA) is 109 Å². The summed E-state index contributed by atoms with van der Waals surface area (Å²) in [4.78, 5) is 49.1. The zero-order valence-corrected chi connectivity index (χ0v) is 17.8. The number of rotatable bonds is 4. The summed E-state index contributed by atoms with van der Waals surface area (Å²) in [6, 6.07) is 3.47. The number of nitrogens with one attached hydrogen (secondary N) is 1. The first-order valence-corrected chi connectivity index (χ1v) is 10.4. The molecule has 0 unspecified atom stereocenters. The average molecular weight is 430 g/mol. The third-order valence-electron chi connectivity index (χ3n) is 5.20. The van der Waals surface area contributed by atoms with Gasteiger partial charge in [0, 0.05) is 26.2 Å². The van der Waals surface area contributed by atoms with Gasteiger partial charge >= 0.3 is 5.97 Å². The van der Waals surface area contributed by atoms with Crippen molar-refractivity contribution in [3.63, 3.8) is 0 Å². The predicted octanol–water partition coefficient (Wildman–Crippen LogP) is 1.94. The van der Waals surface area contributed by atoms with Crippen molar-refractivity contribution in [2.75, 3.05) is 33.3 Å². The van der Waals surface area contributed by atoms with Crippen molar-refractivity contribution in [3.8, 4) is 0 Å². The minimum absolute atomic E-state index is 0.111. The summed E-state index contributed by atoms with van der Waals surface area (Å²) in [5, 5.41) is 0.424. The van der Waals surface area contributed by atoms with Gasteiger partial charge in [0.1, 0.15) is 21.3 Å². The van der Waals surface area contributed by atoms with E-state index >= 15 is 0 Å². The minimum Gasteiger partial charge on any atom is -0.465 e. The van der Waals surface area contributed by atoms with Gasteiger partial charge in [-0.25, -0.2) is 9.78 Å². The van der Waals surface area contributed by atoms with Gasteiger partial charge in [-0.2, -0.15) is 0 Å². The first-order valence-electron chi connectivity index (χ1n) is 9.56. The Morgan fingerprint density at radius 2 is 1.97 bits per heavy atom. The Bertz CT molecular complexity index is 1170. The number of furan rings is 1. The first kappa shape index (κ1) is 20.3. The second-order valence-corrected chi connectivity index (χ2v) is 8.22. The number of aromatic amines is 1. The normalized spacial score (nSPS) is 15.0. The van der Waals surface area contributed by atoms with E-state index in [0.717, 1.165) is 11.3 Å². The lowest BCUT2D eigenvalue weighted by atomic mass is 10.2. The van der Waals surface area contributed by atoms with Crippen LogP contribution >= 0.6 is 11.3 Å². The van der Waals surface area contributed by atoms with E-state index in [0.29, 0.717) is 70.7 Å². The Hall–Kier alpha value is -2.98. The van der Waals surface area contributed by atoms with Crippen LogP contribution in [-0.4, -0.2) is 64.9 Å². The molecule has 0 saturated carbocycles. The van der Waals surface area contributed by atoms with Crippen LogP contribution in [0, 0.1) is 13.8 Å². The molecule has 1 fully saturated rings. The number of aromatic nitrogens is 2. The Balaban J connectivity index is 1.46. The summed E-state index contributed by atoms with van der Waals surface area (Å²) in [5.41, 5.74) is 0.323. The number of carbonyl (C=O) groups is 2. The van der Waals surface area contributed by atoms with E-state index < -0.39 is 5.97 Å². The maximum atomic E-state index is 12.6. The van der Waals surface area contributed by atoms with E-state index in [-0.39, 0.29) is 11.5 Å². The number of thiophene rings is 1. The second-order valence-electron chi connectivity index (χ2n) is 7.22. The second kappa shape index (κ2) is 8.04. The van der Waals surface area contributed by atoms with Crippen LogP contribution in [-0.2, 0) is 11.3 Å². The lowest BCUT2D eigenvalue weighted by Gasteiger charge is -2.33. The zero-order valence-electron chi connectivity index (χ0n) is 17.0. The minimum atomic E-state index is -0.469. The molecule has 1 N–H and O–H groups in total. The highest BCUT2D eigenvalue weighted by molar-refractivity contribution is 7.20. The van der Waals surface area contributed by atoms with Gasteiger partial charge in [-0.15, -0.1) is 11.3 Å². The Morgan fingerprint density at radius 3 is 2.60 bits per heavy atom. The molecule has 30 heavy (non-hydrogen) atoms. The van der Waals surface area contributed by atoms with Crippen molar-refractivity contribution in [3.05, 3.63) is 50.3 Å². The number of esters is 1. The van der Waals surface area contributed by atoms with Crippen LogP contribution in [0.15, 0.2) is 21.3 Å². The number of hydrogen-bond acceptors (Lipinski definition) is 8. The Morgan fingerprint density at radius 1 is 1.23 bits per heavy atom. The zero-order chi connectivity index (χ0) is 21.4. The molecule has 4 rings (SSSR count). The number of carbonyl (C=O) groups excluding carboxylic acids is 2. The van der Waals surface area contributed by atoms with Crippen molar-refractivity contribution >= 4 is 33.4 Å². The molecular formula is C20H22N4O5S. The Labute approximate surface area is 176 Å². The number of methoxy groups -OCH3 is 1. The molecule has 4 heterocycles. The molecule has 0 aromatic carbocycles. The number of ether oxygens (including phenoxy) is 1. The number of hydrogen-bond donors (Lipinski definition) is 1. The van der Waals surface area contributed by atoms with Gasteiger partial charge in [0.05, 0.1) is 19.0 Å². The van der Waals surface area contributed by atoms with Gasteiger partial charge < -0.3 is 19.0 Å². The predicted molar refractivity (Wildman–Crippen MR) is 111 cm³/mol. The fourth-order valence-corrected chi connectivity index (χ4v) is 4.70. The molecule has 1 aliphatic heterocycles. The highest BCUT2D eigenvalue weighted by Crippen LogP contribution is 2.27. The number of amides is 1. The van der Waals surface area contributed by atoms with Crippen LogP contribution in [0.4, 0.5) is 0 Å². The van der Waals surface area contributed by atoms with Crippen LogP contribution in [0.5, 0.6) is 0 Å². The fourth-order valence-electron chi connectivity index (χ4n) is 3.58. The van der Waals surface area contributed by atoms with Gasteiger partial charge in [-0.3, -0.25) is 14.5 Å². The molecular weight excluding hydrogens is 408 g/mol. The first-order chi connectivity index (χ1) is 14.4. The summed E-state index contributed by atoms with van der Waals surface area (Å²) in [6.07, 6.45) is 0. The largest absolute Gasteiger partial charge is 0.465 e. The molecule has 0 atom stereocenters. The van der Waals surface area contributed by atoms with E-state index in [4.69, 9.17) is 9.15 Å². The van der Waals surface area contributed by atoms with Gasteiger partial charge in [0.2, 0.25) is 0 Å². The quantitative estimate of drug-likeness (QED) is 0.630. The SMILES string of the molecule is COC(=O)c1sc2nc(CN3CCN(C(=O)c4ccc(C)o4)CC3)[nH]c(=O)c2c1C. The summed E-state index contributed by atoms with van der Waals surface area (Å²) in [5.74, 6) is 1.02. The number of aryl methyl sites for hydroxylation is 2. The molecule has 3 aromatic rings. The van der Waals surface area contributed by atoms with Gasteiger partial charge in [0.15, 0.2) is 5.76 Å². The van der Waals surface area contributed by atoms with Crippen molar-refractivity contribution in [2.24, 2.45) is 0 Å². The Kier molecular flexibility index (Phi) is 5.44. The lowest BCUT2D eigenvalue weighted by Crippen LogP contribution is -2.48. The molecule has 158 valence electrons. The van der Waals surface area contributed by atoms with Crippen molar-refractivity contribution < 1.29 is 18.7 Å². The fraction of sp³-hybridized carbons (Fsp3) is 0.400. The van der Waals surface area contributed by atoms with Crippen LogP contribution in [0.3, 0.4) is 0 Å². The van der Waals surface area contributed by atoms with Crippen LogP contribution in [0.2, 0.25) is 0 Å². The van der Waals surface area contributed by atoms with Crippen LogP contribution in [0.1, 0.15) is 37.4 Å². The molecule has 0 radical (unpaired) electrons. The summed E-state index contributed by atoms with van der Waals surface area (Å²) < 4.78 is 10.2. The monoisotopic (exact) mass is 430 g/mol. The van der Waals surface area contributed by atoms with Gasteiger partial charge in [-0.1, -0.05) is 0 Å². The standard InChI is InChI=1S/C20H22N4O5S/c1-11-4-5-13(29-11)19(26)24-8-6-23(7-9-24)10-14-21-17(25)15-12(2)16(20(27)28-3)30-18(15)22-14/h4-5H,6-10H2,1-3H3,(H,21,22,25). The lowest BCUT2D eigenvalue weighted by molar-refractivity contribution is 0.0590. The molecule has 0 bridgehead atoms. The molecule has 10 heteroatoms. The molecule has 9 nitrogen and oxygen atoms in total. The third kappa shape index (κ3) is 3.75. The average Bonchev–Trinajstić information content (AvgIpc) is 3.31. The summed E-state index contributed by atoms with van der Waals surface area (Å²) in [6.45, 7) is 6.43. The van der Waals surface area contributed by atoms with E-state index in [2.05, 4.69) is 14.9 Å². The molecule has 1 saturated heterocycles.